The lowest BCUT2D eigenvalue weighted by Crippen LogP contribution is -2.58. The number of rotatable bonds is 12. The maximum absolute atomic E-state index is 13.4. The molecule has 0 aliphatic rings. The van der Waals surface area contributed by atoms with Gasteiger partial charge >= 0.3 is 0 Å². The molecule has 8 nitrogen and oxygen atoms in total. The van der Waals surface area contributed by atoms with E-state index >= 15 is 0 Å². The lowest BCUT2D eigenvalue weighted by Gasteiger charge is -2.27. The first-order valence-corrected chi connectivity index (χ1v) is 12.1. The Morgan fingerprint density at radius 3 is 2.06 bits per heavy atom. The molecule has 35 heavy (non-hydrogen) atoms. The van der Waals surface area contributed by atoms with Crippen molar-refractivity contribution in [1.82, 2.24) is 16.0 Å². The zero-order chi connectivity index (χ0) is 26.0. The standard InChI is InChI=1S/C27H38N4O4/c1-5-18(4)24(27(35)29-16-20-9-7-6-8-10-20)31-25(33)22(30-26(34)23(28)17(2)3)15-19-11-13-21(32)14-12-19/h6-14,17-18,22-24,32H,5,15-16,28H2,1-4H3,(H,29,35)(H,30,34)(H,31,33)/t18-,22-,23-,24-/m0/s1. The Kier molecular flexibility index (Phi) is 10.7. The summed E-state index contributed by atoms with van der Waals surface area (Å²) in [6.07, 6.45) is 0.860. The molecule has 190 valence electrons. The number of benzene rings is 2. The van der Waals surface area contributed by atoms with Gasteiger partial charge in [-0.1, -0.05) is 76.6 Å². The van der Waals surface area contributed by atoms with Crippen LogP contribution in [0, 0.1) is 11.8 Å². The average Bonchev–Trinajstić information content (AvgIpc) is 2.86. The van der Waals surface area contributed by atoms with Crippen LogP contribution in [-0.4, -0.2) is 41.0 Å². The zero-order valence-corrected chi connectivity index (χ0v) is 21.0. The van der Waals surface area contributed by atoms with E-state index in [2.05, 4.69) is 16.0 Å². The van der Waals surface area contributed by atoms with E-state index < -0.39 is 29.9 Å². The highest BCUT2D eigenvalue weighted by atomic mass is 16.3. The summed E-state index contributed by atoms with van der Waals surface area (Å²) < 4.78 is 0. The first-order valence-electron chi connectivity index (χ1n) is 12.1. The molecule has 8 heteroatoms. The summed E-state index contributed by atoms with van der Waals surface area (Å²) in [5, 5.41) is 18.1. The Morgan fingerprint density at radius 2 is 1.49 bits per heavy atom. The third kappa shape index (κ3) is 8.72. The van der Waals surface area contributed by atoms with Crippen LogP contribution in [0.3, 0.4) is 0 Å². The van der Waals surface area contributed by atoms with E-state index in [0.717, 1.165) is 11.1 Å². The average molecular weight is 483 g/mol. The van der Waals surface area contributed by atoms with Crippen LogP contribution < -0.4 is 21.7 Å². The molecule has 0 aliphatic carbocycles. The van der Waals surface area contributed by atoms with Gasteiger partial charge in [0.2, 0.25) is 17.7 Å². The number of nitrogens with one attached hydrogen (secondary N) is 3. The van der Waals surface area contributed by atoms with E-state index in [0.29, 0.717) is 13.0 Å². The molecule has 0 spiro atoms. The molecule has 0 radical (unpaired) electrons. The molecule has 0 heterocycles. The number of aromatic hydroxyl groups is 1. The van der Waals surface area contributed by atoms with E-state index in [4.69, 9.17) is 5.73 Å². The molecule has 2 rings (SSSR count). The molecule has 0 aromatic heterocycles. The number of hydrogen-bond donors (Lipinski definition) is 5. The fourth-order valence-electron chi connectivity index (χ4n) is 3.50. The predicted molar refractivity (Wildman–Crippen MR) is 136 cm³/mol. The molecule has 2 aromatic carbocycles. The minimum Gasteiger partial charge on any atom is -0.508 e. The van der Waals surface area contributed by atoms with Crippen LogP contribution in [-0.2, 0) is 27.3 Å². The van der Waals surface area contributed by atoms with Gasteiger partial charge in [-0.25, -0.2) is 0 Å². The molecular formula is C27H38N4O4. The highest BCUT2D eigenvalue weighted by Gasteiger charge is 2.31. The summed E-state index contributed by atoms with van der Waals surface area (Å²) in [5.41, 5.74) is 7.69. The van der Waals surface area contributed by atoms with Gasteiger partial charge in [-0.05, 0) is 35.1 Å². The second-order valence-corrected chi connectivity index (χ2v) is 9.28. The van der Waals surface area contributed by atoms with Crippen molar-refractivity contribution in [2.45, 2.75) is 65.2 Å². The minimum atomic E-state index is -0.940. The molecule has 0 aliphatic heterocycles. The fourth-order valence-corrected chi connectivity index (χ4v) is 3.50. The molecule has 0 bridgehead atoms. The van der Waals surface area contributed by atoms with Gasteiger partial charge in [-0.2, -0.15) is 0 Å². The van der Waals surface area contributed by atoms with E-state index in [-0.39, 0.29) is 29.9 Å². The van der Waals surface area contributed by atoms with Gasteiger partial charge < -0.3 is 26.8 Å². The van der Waals surface area contributed by atoms with Gasteiger partial charge in [-0.15, -0.1) is 0 Å². The van der Waals surface area contributed by atoms with Gasteiger partial charge in [0.25, 0.3) is 0 Å². The minimum absolute atomic E-state index is 0.104. The Bertz CT molecular complexity index is 963. The topological polar surface area (TPSA) is 134 Å². The van der Waals surface area contributed by atoms with Crippen molar-refractivity contribution in [1.29, 1.82) is 0 Å². The van der Waals surface area contributed by atoms with Crippen LogP contribution >= 0.6 is 0 Å². The highest BCUT2D eigenvalue weighted by Crippen LogP contribution is 2.14. The smallest absolute Gasteiger partial charge is 0.243 e. The summed E-state index contributed by atoms with van der Waals surface area (Å²) >= 11 is 0. The van der Waals surface area contributed by atoms with Gasteiger partial charge in [-0.3, -0.25) is 14.4 Å². The lowest BCUT2D eigenvalue weighted by atomic mass is 9.96. The molecule has 2 aromatic rings. The van der Waals surface area contributed by atoms with Crippen LogP contribution in [0.15, 0.2) is 54.6 Å². The van der Waals surface area contributed by atoms with Crippen molar-refractivity contribution in [3.05, 3.63) is 65.7 Å². The van der Waals surface area contributed by atoms with Crippen molar-refractivity contribution >= 4 is 17.7 Å². The van der Waals surface area contributed by atoms with Crippen molar-refractivity contribution in [2.24, 2.45) is 17.6 Å². The Morgan fingerprint density at radius 1 is 0.857 bits per heavy atom. The summed E-state index contributed by atoms with van der Waals surface area (Å²) in [7, 11) is 0. The van der Waals surface area contributed by atoms with Gasteiger partial charge in [0.15, 0.2) is 0 Å². The molecule has 4 atom stereocenters. The van der Waals surface area contributed by atoms with Crippen LogP contribution in [0.2, 0.25) is 0 Å². The van der Waals surface area contributed by atoms with E-state index in [1.807, 2.05) is 58.0 Å². The van der Waals surface area contributed by atoms with Crippen LogP contribution in [0.4, 0.5) is 0 Å². The Balaban J connectivity index is 2.18. The maximum Gasteiger partial charge on any atom is 0.243 e. The largest absolute Gasteiger partial charge is 0.508 e. The van der Waals surface area contributed by atoms with Gasteiger partial charge in [0.05, 0.1) is 6.04 Å². The normalized spacial score (nSPS) is 14.5. The van der Waals surface area contributed by atoms with Crippen molar-refractivity contribution in [3.8, 4) is 5.75 Å². The van der Waals surface area contributed by atoms with Crippen molar-refractivity contribution < 1.29 is 19.5 Å². The summed E-state index contributed by atoms with van der Waals surface area (Å²) in [6.45, 7) is 7.85. The summed E-state index contributed by atoms with van der Waals surface area (Å²) in [4.78, 5) is 39.1. The molecule has 0 fully saturated rings. The number of hydrogen-bond acceptors (Lipinski definition) is 5. The fraction of sp³-hybridized carbons (Fsp3) is 0.444. The van der Waals surface area contributed by atoms with Crippen LogP contribution in [0.25, 0.3) is 0 Å². The van der Waals surface area contributed by atoms with Crippen LogP contribution in [0.1, 0.15) is 45.2 Å². The molecule has 0 unspecified atom stereocenters. The highest BCUT2D eigenvalue weighted by molar-refractivity contribution is 5.93. The third-order valence-corrected chi connectivity index (χ3v) is 6.13. The van der Waals surface area contributed by atoms with Gasteiger partial charge in [0, 0.05) is 13.0 Å². The SMILES string of the molecule is CC[C@H](C)[C@H](NC(=O)[C@H](Cc1ccc(O)cc1)NC(=O)[C@@H](N)C(C)C)C(=O)NCc1ccccc1. The first-order chi connectivity index (χ1) is 16.6. The van der Waals surface area contributed by atoms with Crippen molar-refractivity contribution in [2.75, 3.05) is 0 Å². The number of carbonyl (C=O) groups is 3. The van der Waals surface area contributed by atoms with E-state index in [9.17, 15) is 19.5 Å². The molecular weight excluding hydrogens is 444 g/mol. The lowest BCUT2D eigenvalue weighted by molar-refractivity contribution is -0.133. The zero-order valence-electron chi connectivity index (χ0n) is 21.0. The number of carbonyl (C=O) groups excluding carboxylic acids is 3. The number of amides is 3. The quantitative estimate of drug-likeness (QED) is 0.316. The second-order valence-electron chi connectivity index (χ2n) is 9.28. The Labute approximate surface area is 207 Å². The number of nitrogens with two attached hydrogens (primary N) is 1. The first kappa shape index (κ1) is 27.9. The summed E-state index contributed by atoms with van der Waals surface area (Å²) in [5.74, 6) is -1.32. The predicted octanol–water partition coefficient (Wildman–Crippen LogP) is 2.25. The van der Waals surface area contributed by atoms with Crippen molar-refractivity contribution in [3.63, 3.8) is 0 Å². The molecule has 6 N–H and O–H groups in total. The van der Waals surface area contributed by atoms with E-state index in [1.54, 1.807) is 12.1 Å². The van der Waals surface area contributed by atoms with Crippen LogP contribution in [0.5, 0.6) is 5.75 Å². The molecule has 0 saturated carbocycles. The van der Waals surface area contributed by atoms with Gasteiger partial charge in [0.1, 0.15) is 17.8 Å². The number of phenolic OH excluding ortho intramolecular Hbond substituents is 1. The maximum atomic E-state index is 13.4. The monoisotopic (exact) mass is 482 g/mol. The molecule has 3 amide bonds. The van der Waals surface area contributed by atoms with E-state index in [1.165, 1.54) is 12.1 Å². The summed E-state index contributed by atoms with van der Waals surface area (Å²) in [6, 6.07) is 13.4. The number of phenols is 1. The Hall–Kier alpha value is -3.39. The second kappa shape index (κ2) is 13.5. The molecule has 0 saturated heterocycles. The third-order valence-electron chi connectivity index (χ3n) is 6.13.